The second-order valence-corrected chi connectivity index (χ2v) is 8.18. The minimum absolute atomic E-state index is 0.0861. The summed E-state index contributed by atoms with van der Waals surface area (Å²) in [5.41, 5.74) is 3.78. The van der Waals surface area contributed by atoms with Crippen molar-refractivity contribution >= 4 is 11.7 Å². The maximum atomic E-state index is 12.2. The minimum Gasteiger partial charge on any atom is -0.470 e. The molecule has 1 atom stereocenters. The third-order valence-corrected chi connectivity index (χ3v) is 6.03. The van der Waals surface area contributed by atoms with Crippen LogP contribution in [0.1, 0.15) is 17.0 Å². The third kappa shape index (κ3) is 4.01. The quantitative estimate of drug-likeness (QED) is 0.631. The maximum Gasteiger partial charge on any atom is 0.239 e. The predicted octanol–water partition coefficient (Wildman–Crippen LogP) is 0.874. The van der Waals surface area contributed by atoms with Gasteiger partial charge >= 0.3 is 0 Å². The van der Waals surface area contributed by atoms with Crippen molar-refractivity contribution < 1.29 is 9.53 Å². The number of rotatable bonds is 5. The monoisotopic (exact) mass is 434 g/mol. The van der Waals surface area contributed by atoms with Crippen molar-refractivity contribution in [3.63, 3.8) is 0 Å². The number of benzene rings is 1. The molecule has 1 unspecified atom stereocenters. The van der Waals surface area contributed by atoms with Crippen LogP contribution in [0.3, 0.4) is 0 Å². The normalized spacial score (nSPS) is 18.9. The van der Waals surface area contributed by atoms with E-state index in [0.717, 1.165) is 49.1 Å². The molecule has 2 saturated heterocycles. The number of aromatic nitrogens is 5. The number of anilines is 1. The number of carbonyl (C=O) groups is 1. The molecule has 4 heterocycles. The first-order valence-electron chi connectivity index (χ1n) is 10.8. The standard InChI is InChI=1S/C22H26N8O2/c1-15-3-5-17(6-4-15)30-19(16(2)24-27-30)14-32-21-8-7-20(25-26-21)29-12-11-28-10-9-23-22(31)18(28)13-29/h3-8,18H,9-14H2,1-2H3,(H,23,31). The summed E-state index contributed by atoms with van der Waals surface area (Å²) < 4.78 is 7.68. The zero-order valence-corrected chi connectivity index (χ0v) is 18.2. The molecular weight excluding hydrogens is 408 g/mol. The molecule has 2 aliphatic heterocycles. The Kier molecular flexibility index (Phi) is 5.44. The molecule has 0 bridgehead atoms. The first-order chi connectivity index (χ1) is 15.6. The molecule has 2 aliphatic rings. The fourth-order valence-electron chi connectivity index (χ4n) is 4.12. The number of nitrogens with zero attached hydrogens (tertiary/aromatic N) is 7. The Morgan fingerprint density at radius 3 is 2.66 bits per heavy atom. The van der Waals surface area contributed by atoms with Crippen LogP contribution in [0.25, 0.3) is 5.69 Å². The van der Waals surface area contributed by atoms with Crippen LogP contribution < -0.4 is 15.0 Å². The van der Waals surface area contributed by atoms with Crippen LogP contribution in [-0.2, 0) is 11.4 Å². The first kappa shape index (κ1) is 20.4. The Hall–Kier alpha value is -3.53. The molecule has 32 heavy (non-hydrogen) atoms. The minimum atomic E-state index is -0.132. The van der Waals surface area contributed by atoms with Crippen molar-refractivity contribution in [2.45, 2.75) is 26.5 Å². The average Bonchev–Trinajstić information content (AvgIpc) is 3.19. The van der Waals surface area contributed by atoms with Gasteiger partial charge in [0, 0.05) is 38.8 Å². The van der Waals surface area contributed by atoms with Gasteiger partial charge in [-0.25, -0.2) is 4.68 Å². The van der Waals surface area contributed by atoms with E-state index >= 15 is 0 Å². The van der Waals surface area contributed by atoms with Crippen LogP contribution in [0.5, 0.6) is 5.88 Å². The van der Waals surface area contributed by atoms with Gasteiger partial charge in [0.05, 0.1) is 11.4 Å². The second-order valence-electron chi connectivity index (χ2n) is 8.18. The molecule has 2 aromatic heterocycles. The summed E-state index contributed by atoms with van der Waals surface area (Å²) in [6, 6.07) is 11.7. The third-order valence-electron chi connectivity index (χ3n) is 6.03. The summed E-state index contributed by atoms with van der Waals surface area (Å²) in [5.74, 6) is 1.26. The van der Waals surface area contributed by atoms with E-state index in [0.29, 0.717) is 12.4 Å². The molecular formula is C22H26N8O2. The fraction of sp³-hybridized carbons (Fsp3) is 0.409. The van der Waals surface area contributed by atoms with E-state index in [4.69, 9.17) is 4.74 Å². The number of fused-ring (bicyclic) bond motifs is 1. The highest BCUT2D eigenvalue weighted by atomic mass is 16.5. The molecule has 0 radical (unpaired) electrons. The van der Waals surface area contributed by atoms with Crippen LogP contribution in [0.15, 0.2) is 36.4 Å². The Bertz CT molecular complexity index is 1100. The van der Waals surface area contributed by atoms with Gasteiger partial charge in [-0.1, -0.05) is 22.9 Å². The largest absolute Gasteiger partial charge is 0.470 e. The molecule has 10 heteroatoms. The Morgan fingerprint density at radius 1 is 1.03 bits per heavy atom. The van der Waals surface area contributed by atoms with Crippen LogP contribution >= 0.6 is 0 Å². The number of piperazine rings is 2. The number of hydrogen-bond donors (Lipinski definition) is 1. The van der Waals surface area contributed by atoms with Gasteiger partial charge in [0.15, 0.2) is 5.82 Å². The van der Waals surface area contributed by atoms with E-state index in [9.17, 15) is 4.79 Å². The number of amides is 1. The zero-order valence-electron chi connectivity index (χ0n) is 18.2. The SMILES string of the molecule is Cc1ccc(-n2nnc(C)c2COc2ccc(N3CCN4CCNC(=O)C4C3)nn2)cc1. The molecule has 3 aromatic rings. The highest BCUT2D eigenvalue weighted by Gasteiger charge is 2.35. The van der Waals surface area contributed by atoms with Gasteiger partial charge in [-0.15, -0.1) is 15.3 Å². The Morgan fingerprint density at radius 2 is 1.88 bits per heavy atom. The molecule has 10 nitrogen and oxygen atoms in total. The summed E-state index contributed by atoms with van der Waals surface area (Å²) in [6.07, 6.45) is 0. The van der Waals surface area contributed by atoms with E-state index < -0.39 is 0 Å². The van der Waals surface area contributed by atoms with E-state index in [2.05, 4.69) is 35.6 Å². The zero-order chi connectivity index (χ0) is 22.1. The first-order valence-corrected chi connectivity index (χ1v) is 10.8. The summed E-state index contributed by atoms with van der Waals surface area (Å²) in [4.78, 5) is 16.5. The van der Waals surface area contributed by atoms with E-state index in [1.807, 2.05) is 50.2 Å². The van der Waals surface area contributed by atoms with Crippen molar-refractivity contribution in [3.8, 4) is 11.6 Å². The number of carbonyl (C=O) groups excluding carboxylic acids is 1. The molecule has 1 N–H and O–H groups in total. The number of hydrogen-bond acceptors (Lipinski definition) is 8. The highest BCUT2D eigenvalue weighted by molar-refractivity contribution is 5.83. The molecule has 0 aliphatic carbocycles. The van der Waals surface area contributed by atoms with E-state index in [1.54, 1.807) is 4.68 Å². The van der Waals surface area contributed by atoms with E-state index in [-0.39, 0.29) is 18.6 Å². The fourth-order valence-corrected chi connectivity index (χ4v) is 4.12. The maximum absolute atomic E-state index is 12.2. The lowest BCUT2D eigenvalue weighted by Crippen LogP contribution is -2.64. The summed E-state index contributed by atoms with van der Waals surface area (Å²) in [7, 11) is 0. The van der Waals surface area contributed by atoms with Crippen LogP contribution in [0.2, 0.25) is 0 Å². The molecule has 0 spiro atoms. The van der Waals surface area contributed by atoms with Crippen molar-refractivity contribution in [2.75, 3.05) is 37.6 Å². The van der Waals surface area contributed by atoms with Gasteiger partial charge in [0.25, 0.3) is 0 Å². The average molecular weight is 435 g/mol. The highest BCUT2D eigenvalue weighted by Crippen LogP contribution is 2.20. The summed E-state index contributed by atoms with van der Waals surface area (Å²) in [5, 5.41) is 20.0. The Balaban J connectivity index is 1.25. The molecule has 1 aromatic carbocycles. The summed E-state index contributed by atoms with van der Waals surface area (Å²) >= 11 is 0. The summed E-state index contributed by atoms with van der Waals surface area (Å²) in [6.45, 7) is 8.13. The van der Waals surface area contributed by atoms with Gasteiger partial charge in [0.2, 0.25) is 11.8 Å². The van der Waals surface area contributed by atoms with Crippen LogP contribution in [0, 0.1) is 13.8 Å². The lowest BCUT2D eigenvalue weighted by atomic mass is 10.1. The molecule has 0 saturated carbocycles. The van der Waals surface area contributed by atoms with Crippen molar-refractivity contribution in [2.24, 2.45) is 0 Å². The number of nitrogens with one attached hydrogen (secondary N) is 1. The van der Waals surface area contributed by atoms with Crippen LogP contribution in [-0.4, -0.2) is 74.8 Å². The van der Waals surface area contributed by atoms with Crippen molar-refractivity contribution in [1.82, 2.24) is 35.4 Å². The van der Waals surface area contributed by atoms with Gasteiger partial charge in [-0.3, -0.25) is 9.69 Å². The smallest absolute Gasteiger partial charge is 0.239 e. The Labute approximate surface area is 186 Å². The molecule has 166 valence electrons. The lowest BCUT2D eigenvalue weighted by Gasteiger charge is -2.43. The van der Waals surface area contributed by atoms with Gasteiger partial charge in [0.1, 0.15) is 18.3 Å². The number of ether oxygens (including phenoxy) is 1. The molecule has 5 rings (SSSR count). The van der Waals surface area contributed by atoms with Gasteiger partial charge < -0.3 is 15.0 Å². The van der Waals surface area contributed by atoms with E-state index in [1.165, 1.54) is 5.56 Å². The lowest BCUT2D eigenvalue weighted by molar-refractivity contribution is -0.129. The topological polar surface area (TPSA) is 101 Å². The molecule has 2 fully saturated rings. The predicted molar refractivity (Wildman–Crippen MR) is 118 cm³/mol. The van der Waals surface area contributed by atoms with Gasteiger partial charge in [-0.2, -0.15) is 0 Å². The number of aryl methyl sites for hydroxylation is 2. The van der Waals surface area contributed by atoms with Crippen molar-refractivity contribution in [1.29, 1.82) is 0 Å². The second kappa shape index (κ2) is 8.54. The van der Waals surface area contributed by atoms with Gasteiger partial charge in [-0.05, 0) is 32.0 Å². The van der Waals surface area contributed by atoms with Crippen LogP contribution in [0.4, 0.5) is 5.82 Å². The molecule has 1 amide bonds. The van der Waals surface area contributed by atoms with Crippen molar-refractivity contribution in [3.05, 3.63) is 53.3 Å².